The van der Waals surface area contributed by atoms with Gasteiger partial charge in [-0.1, -0.05) is 30.3 Å². The molecule has 0 spiro atoms. The zero-order chi connectivity index (χ0) is 21.9. The molecular formula is C20H12F3N3O4. The number of aromatic nitrogens is 1. The second kappa shape index (κ2) is 8.11. The lowest BCUT2D eigenvalue weighted by atomic mass is 10.0. The Morgan fingerprint density at radius 1 is 0.967 bits per heavy atom. The summed E-state index contributed by atoms with van der Waals surface area (Å²) in [4.78, 5) is 38.8. The maximum absolute atomic E-state index is 12.8. The van der Waals surface area contributed by atoms with Crippen LogP contribution in [0.1, 0.15) is 32.0 Å². The van der Waals surface area contributed by atoms with Crippen molar-refractivity contribution in [2.75, 3.05) is 5.32 Å². The van der Waals surface area contributed by atoms with Gasteiger partial charge in [0.1, 0.15) is 5.69 Å². The van der Waals surface area contributed by atoms with Crippen LogP contribution in [-0.4, -0.2) is 21.6 Å². The van der Waals surface area contributed by atoms with Crippen LogP contribution >= 0.6 is 0 Å². The molecule has 7 nitrogen and oxygen atoms in total. The summed E-state index contributed by atoms with van der Waals surface area (Å²) in [5.41, 5.74) is -1.62. The van der Waals surface area contributed by atoms with Crippen molar-refractivity contribution in [1.82, 2.24) is 4.98 Å². The molecule has 3 aromatic rings. The van der Waals surface area contributed by atoms with Gasteiger partial charge in [-0.15, -0.1) is 0 Å². The SMILES string of the molecule is O=C(Nc1ccc([N+](=O)[O-])cc1C(=O)c1ccccc1)c1ccc(C(F)(F)F)nc1. The first kappa shape index (κ1) is 20.6. The van der Waals surface area contributed by atoms with E-state index in [1.54, 1.807) is 18.2 Å². The molecule has 0 saturated carbocycles. The third-order valence-electron chi connectivity index (χ3n) is 4.06. The van der Waals surface area contributed by atoms with Crippen LogP contribution in [0.15, 0.2) is 66.9 Å². The summed E-state index contributed by atoms with van der Waals surface area (Å²) in [5.74, 6) is -1.40. The Morgan fingerprint density at radius 3 is 2.23 bits per heavy atom. The van der Waals surface area contributed by atoms with Gasteiger partial charge < -0.3 is 5.32 Å². The van der Waals surface area contributed by atoms with Gasteiger partial charge in [-0.25, -0.2) is 0 Å². The monoisotopic (exact) mass is 415 g/mol. The van der Waals surface area contributed by atoms with Crippen molar-refractivity contribution in [1.29, 1.82) is 0 Å². The zero-order valence-corrected chi connectivity index (χ0v) is 15.0. The Morgan fingerprint density at radius 2 is 1.67 bits per heavy atom. The maximum Gasteiger partial charge on any atom is 0.433 e. The van der Waals surface area contributed by atoms with Crippen LogP contribution in [-0.2, 0) is 6.18 Å². The Labute approximate surface area is 167 Å². The second-order valence-electron chi connectivity index (χ2n) is 6.07. The number of amides is 1. The number of hydrogen-bond donors (Lipinski definition) is 1. The number of anilines is 1. The van der Waals surface area contributed by atoms with Crippen LogP contribution in [0.5, 0.6) is 0 Å². The van der Waals surface area contributed by atoms with E-state index in [2.05, 4.69) is 10.3 Å². The number of non-ortho nitro benzene ring substituents is 1. The molecule has 1 aromatic heterocycles. The molecule has 0 saturated heterocycles. The number of hydrogen-bond acceptors (Lipinski definition) is 5. The molecule has 0 aliphatic rings. The van der Waals surface area contributed by atoms with Crippen molar-refractivity contribution < 1.29 is 27.7 Å². The molecule has 3 rings (SSSR count). The summed E-state index contributed by atoms with van der Waals surface area (Å²) < 4.78 is 37.9. The fourth-order valence-electron chi connectivity index (χ4n) is 2.58. The molecule has 2 aromatic carbocycles. The van der Waals surface area contributed by atoms with Crippen molar-refractivity contribution in [2.45, 2.75) is 6.18 Å². The van der Waals surface area contributed by atoms with Gasteiger partial charge in [0.25, 0.3) is 11.6 Å². The number of halogens is 3. The minimum absolute atomic E-state index is 0.0284. The Hall–Kier alpha value is -4.08. The number of alkyl halides is 3. The molecule has 0 fully saturated rings. The number of nitro benzene ring substituents is 1. The molecule has 0 radical (unpaired) electrons. The first-order valence-electron chi connectivity index (χ1n) is 8.39. The van der Waals surface area contributed by atoms with E-state index in [1.807, 2.05) is 0 Å². The number of nitrogens with one attached hydrogen (secondary N) is 1. The van der Waals surface area contributed by atoms with E-state index in [9.17, 15) is 32.9 Å². The molecule has 10 heteroatoms. The van der Waals surface area contributed by atoms with Gasteiger partial charge in [-0.2, -0.15) is 13.2 Å². The first-order chi connectivity index (χ1) is 14.2. The number of ketones is 1. The van der Waals surface area contributed by atoms with Crippen LogP contribution in [0.4, 0.5) is 24.5 Å². The number of pyridine rings is 1. The summed E-state index contributed by atoms with van der Waals surface area (Å²) in [5, 5.41) is 13.5. The Kier molecular flexibility index (Phi) is 5.58. The highest BCUT2D eigenvalue weighted by molar-refractivity contribution is 6.15. The van der Waals surface area contributed by atoms with Gasteiger partial charge in [-0.3, -0.25) is 24.7 Å². The first-order valence-corrected chi connectivity index (χ1v) is 8.39. The summed E-state index contributed by atoms with van der Waals surface area (Å²) in [6, 6.07) is 12.8. The molecule has 1 heterocycles. The van der Waals surface area contributed by atoms with Crippen LogP contribution in [0.2, 0.25) is 0 Å². The van der Waals surface area contributed by atoms with Crippen LogP contribution in [0.3, 0.4) is 0 Å². The molecule has 152 valence electrons. The Balaban J connectivity index is 1.94. The van der Waals surface area contributed by atoms with Crippen LogP contribution in [0.25, 0.3) is 0 Å². The fraction of sp³-hybridized carbons (Fsp3) is 0.0500. The predicted molar refractivity (Wildman–Crippen MR) is 100 cm³/mol. The largest absolute Gasteiger partial charge is 0.433 e. The topological polar surface area (TPSA) is 102 Å². The molecule has 0 aliphatic heterocycles. The molecular weight excluding hydrogens is 403 g/mol. The van der Waals surface area contributed by atoms with Gasteiger partial charge in [-0.05, 0) is 18.2 Å². The van der Waals surface area contributed by atoms with Gasteiger partial charge >= 0.3 is 6.18 Å². The van der Waals surface area contributed by atoms with Gasteiger partial charge in [0.2, 0.25) is 0 Å². The Bertz CT molecular complexity index is 1110. The van der Waals surface area contributed by atoms with E-state index in [0.29, 0.717) is 6.07 Å². The van der Waals surface area contributed by atoms with Crippen molar-refractivity contribution in [2.24, 2.45) is 0 Å². The highest BCUT2D eigenvalue weighted by Gasteiger charge is 2.32. The van der Waals surface area contributed by atoms with Gasteiger partial charge in [0, 0.05) is 23.9 Å². The zero-order valence-electron chi connectivity index (χ0n) is 15.0. The lowest BCUT2D eigenvalue weighted by molar-refractivity contribution is -0.384. The van der Waals surface area contributed by atoms with E-state index in [0.717, 1.165) is 24.4 Å². The quantitative estimate of drug-likeness (QED) is 0.376. The number of benzene rings is 2. The van der Waals surface area contributed by atoms with Gasteiger partial charge in [0.15, 0.2) is 5.78 Å². The minimum atomic E-state index is -4.65. The minimum Gasteiger partial charge on any atom is -0.321 e. The maximum atomic E-state index is 12.8. The average Bonchev–Trinajstić information content (AvgIpc) is 2.73. The van der Waals surface area contributed by atoms with E-state index in [1.165, 1.54) is 18.2 Å². The van der Waals surface area contributed by atoms with Crippen molar-refractivity contribution in [3.8, 4) is 0 Å². The summed E-state index contributed by atoms with van der Waals surface area (Å²) in [7, 11) is 0. The third-order valence-corrected chi connectivity index (χ3v) is 4.06. The van der Waals surface area contributed by atoms with Crippen LogP contribution < -0.4 is 5.32 Å². The standard InChI is InChI=1S/C20H12F3N3O4/c21-20(22,23)17-9-6-13(11-24-17)19(28)25-16-8-7-14(26(29)30)10-15(16)18(27)12-4-2-1-3-5-12/h1-11H,(H,25,28). The third kappa shape index (κ3) is 4.49. The molecule has 0 bridgehead atoms. The highest BCUT2D eigenvalue weighted by Crippen LogP contribution is 2.28. The van der Waals surface area contributed by atoms with Crippen molar-refractivity contribution in [3.63, 3.8) is 0 Å². The van der Waals surface area contributed by atoms with E-state index >= 15 is 0 Å². The fourth-order valence-corrected chi connectivity index (χ4v) is 2.58. The molecule has 0 aliphatic carbocycles. The van der Waals surface area contributed by atoms with Gasteiger partial charge in [0.05, 0.1) is 21.7 Å². The number of rotatable bonds is 5. The van der Waals surface area contributed by atoms with Crippen molar-refractivity contribution in [3.05, 3.63) is 99.4 Å². The average molecular weight is 415 g/mol. The smallest absolute Gasteiger partial charge is 0.321 e. The number of nitro groups is 1. The van der Waals surface area contributed by atoms with E-state index in [-0.39, 0.29) is 28.1 Å². The second-order valence-corrected chi connectivity index (χ2v) is 6.07. The molecule has 1 N–H and O–H groups in total. The normalized spacial score (nSPS) is 11.0. The lowest BCUT2D eigenvalue weighted by Crippen LogP contribution is -2.16. The lowest BCUT2D eigenvalue weighted by Gasteiger charge is -2.11. The highest BCUT2D eigenvalue weighted by atomic mass is 19.4. The molecule has 30 heavy (non-hydrogen) atoms. The molecule has 0 unspecified atom stereocenters. The van der Waals surface area contributed by atoms with Crippen molar-refractivity contribution >= 4 is 23.1 Å². The van der Waals surface area contributed by atoms with E-state index in [4.69, 9.17) is 0 Å². The summed E-state index contributed by atoms with van der Waals surface area (Å²) >= 11 is 0. The predicted octanol–water partition coefficient (Wildman–Crippen LogP) is 4.49. The summed E-state index contributed by atoms with van der Waals surface area (Å²) in [6.07, 6.45) is -3.90. The van der Waals surface area contributed by atoms with E-state index < -0.39 is 28.5 Å². The summed E-state index contributed by atoms with van der Waals surface area (Å²) in [6.45, 7) is 0. The molecule has 0 atom stereocenters. The molecule has 1 amide bonds. The van der Waals surface area contributed by atoms with Crippen LogP contribution in [0, 0.1) is 10.1 Å². The number of nitrogens with zero attached hydrogens (tertiary/aromatic N) is 2. The number of carbonyl (C=O) groups excluding carboxylic acids is 2. The number of carbonyl (C=O) groups is 2.